The van der Waals surface area contributed by atoms with Gasteiger partial charge in [-0.25, -0.2) is 4.98 Å². The first kappa shape index (κ1) is 13.8. The third-order valence-corrected chi connectivity index (χ3v) is 4.92. The van der Waals surface area contributed by atoms with E-state index in [1.54, 1.807) is 0 Å². The summed E-state index contributed by atoms with van der Waals surface area (Å²) in [6.07, 6.45) is 4.32. The molecule has 20 heavy (non-hydrogen) atoms. The maximum Gasteiger partial charge on any atom is 0.136 e. The van der Waals surface area contributed by atoms with Gasteiger partial charge in [-0.15, -0.1) is 0 Å². The van der Waals surface area contributed by atoms with Crippen LogP contribution in [0, 0.1) is 5.92 Å². The fourth-order valence-electron chi connectivity index (χ4n) is 3.04. The van der Waals surface area contributed by atoms with Crippen LogP contribution in [0.2, 0.25) is 0 Å². The van der Waals surface area contributed by atoms with Crippen molar-refractivity contribution < 1.29 is 0 Å². The maximum atomic E-state index is 6.09. The van der Waals surface area contributed by atoms with Crippen LogP contribution in [0.25, 0.3) is 10.8 Å². The Balaban J connectivity index is 2.00. The summed E-state index contributed by atoms with van der Waals surface area (Å²) >= 11 is 3.62. The van der Waals surface area contributed by atoms with Crippen molar-refractivity contribution >= 4 is 32.5 Å². The minimum Gasteiger partial charge on any atom is -0.356 e. The maximum absolute atomic E-state index is 6.09. The smallest absolute Gasteiger partial charge is 0.136 e. The van der Waals surface area contributed by atoms with Gasteiger partial charge < -0.3 is 10.6 Å². The van der Waals surface area contributed by atoms with Crippen molar-refractivity contribution in [3.63, 3.8) is 0 Å². The molecule has 0 spiro atoms. The number of nitrogens with zero attached hydrogens (tertiary/aromatic N) is 2. The number of anilines is 1. The second-order valence-corrected chi connectivity index (χ2v) is 6.53. The Kier molecular flexibility index (Phi) is 3.94. The van der Waals surface area contributed by atoms with E-state index >= 15 is 0 Å². The second-order valence-electron chi connectivity index (χ2n) is 5.68. The molecule has 1 aromatic heterocycles. The van der Waals surface area contributed by atoms with Gasteiger partial charge in [0.2, 0.25) is 0 Å². The zero-order chi connectivity index (χ0) is 14.1. The Hall–Kier alpha value is -1.13. The highest BCUT2D eigenvalue weighted by molar-refractivity contribution is 9.10. The molecule has 0 aliphatic carbocycles. The first-order valence-corrected chi connectivity index (χ1v) is 8.00. The van der Waals surface area contributed by atoms with Crippen molar-refractivity contribution in [3.05, 3.63) is 34.9 Å². The van der Waals surface area contributed by atoms with Gasteiger partial charge in [0, 0.05) is 40.6 Å². The highest BCUT2D eigenvalue weighted by Gasteiger charge is 2.24. The molecular weight excluding hydrogens is 314 g/mol. The number of rotatable bonds is 2. The molecule has 0 radical (unpaired) electrons. The lowest BCUT2D eigenvalue weighted by molar-refractivity contribution is 0.363. The molecule has 2 aromatic rings. The summed E-state index contributed by atoms with van der Waals surface area (Å²) in [5.41, 5.74) is 6.09. The number of pyridine rings is 1. The van der Waals surface area contributed by atoms with Gasteiger partial charge >= 0.3 is 0 Å². The van der Waals surface area contributed by atoms with Crippen molar-refractivity contribution in [3.8, 4) is 0 Å². The van der Waals surface area contributed by atoms with Crippen LogP contribution >= 0.6 is 15.9 Å². The van der Waals surface area contributed by atoms with Gasteiger partial charge in [0.15, 0.2) is 0 Å². The minimum atomic E-state index is 0.250. The van der Waals surface area contributed by atoms with E-state index in [-0.39, 0.29) is 6.04 Å². The summed E-state index contributed by atoms with van der Waals surface area (Å²) in [5, 5.41) is 2.44. The number of hydrogen-bond donors (Lipinski definition) is 1. The summed E-state index contributed by atoms with van der Waals surface area (Å²) in [5.74, 6) is 1.65. The number of aromatic nitrogens is 1. The number of piperidine rings is 1. The molecule has 1 aliphatic heterocycles. The fourth-order valence-corrected chi connectivity index (χ4v) is 3.54. The lowest BCUT2D eigenvalue weighted by atomic mass is 9.92. The van der Waals surface area contributed by atoms with E-state index in [4.69, 9.17) is 5.73 Å². The predicted octanol–water partition coefficient (Wildman–Crippen LogP) is 3.56. The molecule has 2 unspecified atom stereocenters. The largest absolute Gasteiger partial charge is 0.356 e. The lowest BCUT2D eigenvalue weighted by Crippen LogP contribution is -2.42. The third-order valence-electron chi connectivity index (χ3n) is 4.23. The quantitative estimate of drug-likeness (QED) is 0.913. The molecule has 0 amide bonds. The molecule has 3 rings (SSSR count). The molecule has 0 bridgehead atoms. The van der Waals surface area contributed by atoms with E-state index in [1.165, 1.54) is 23.6 Å². The first-order valence-electron chi connectivity index (χ1n) is 7.20. The molecule has 1 aromatic carbocycles. The Bertz CT molecular complexity index is 612. The molecule has 1 aliphatic rings. The highest BCUT2D eigenvalue weighted by atomic mass is 79.9. The van der Waals surface area contributed by atoms with Crippen LogP contribution in [-0.4, -0.2) is 24.1 Å². The molecule has 3 nitrogen and oxygen atoms in total. The lowest BCUT2D eigenvalue weighted by Gasteiger charge is -2.35. The van der Waals surface area contributed by atoms with E-state index in [1.807, 2.05) is 6.20 Å². The normalized spacial score (nSPS) is 21.1. The van der Waals surface area contributed by atoms with E-state index in [2.05, 4.69) is 57.0 Å². The molecule has 106 valence electrons. The Morgan fingerprint density at radius 1 is 1.35 bits per heavy atom. The van der Waals surface area contributed by atoms with Gasteiger partial charge in [0.05, 0.1) is 0 Å². The average molecular weight is 334 g/mol. The average Bonchev–Trinajstić information content (AvgIpc) is 2.47. The van der Waals surface area contributed by atoms with E-state index in [9.17, 15) is 0 Å². The van der Waals surface area contributed by atoms with Gasteiger partial charge in [-0.05, 0) is 37.8 Å². The molecular formula is C16H20BrN3. The van der Waals surface area contributed by atoms with Gasteiger partial charge in [0.25, 0.3) is 0 Å². The van der Waals surface area contributed by atoms with Crippen molar-refractivity contribution in [1.82, 2.24) is 4.98 Å². The summed E-state index contributed by atoms with van der Waals surface area (Å²) in [6.45, 7) is 4.19. The SMILES string of the molecule is CC(N)C1CCCN(c2nccc3c(Br)cccc23)C1. The van der Waals surface area contributed by atoms with Crippen molar-refractivity contribution in [2.24, 2.45) is 11.7 Å². The van der Waals surface area contributed by atoms with Gasteiger partial charge in [-0.3, -0.25) is 0 Å². The number of fused-ring (bicyclic) bond motifs is 1. The number of halogens is 1. The monoisotopic (exact) mass is 333 g/mol. The van der Waals surface area contributed by atoms with E-state index < -0.39 is 0 Å². The number of nitrogens with two attached hydrogens (primary N) is 1. The molecule has 2 N–H and O–H groups in total. The zero-order valence-electron chi connectivity index (χ0n) is 11.7. The molecule has 4 heteroatoms. The number of benzene rings is 1. The Morgan fingerprint density at radius 3 is 3.00 bits per heavy atom. The van der Waals surface area contributed by atoms with Crippen LogP contribution in [0.5, 0.6) is 0 Å². The molecule has 2 atom stereocenters. The molecule has 1 saturated heterocycles. The third kappa shape index (κ3) is 2.54. The van der Waals surface area contributed by atoms with Crippen molar-refractivity contribution in [2.75, 3.05) is 18.0 Å². The Labute approximate surface area is 128 Å². The van der Waals surface area contributed by atoms with Crippen LogP contribution < -0.4 is 10.6 Å². The van der Waals surface area contributed by atoms with E-state index in [0.717, 1.165) is 23.4 Å². The van der Waals surface area contributed by atoms with Crippen molar-refractivity contribution in [1.29, 1.82) is 0 Å². The first-order chi connectivity index (χ1) is 9.66. The summed E-state index contributed by atoms with van der Waals surface area (Å²) in [6, 6.07) is 8.62. The topological polar surface area (TPSA) is 42.1 Å². The molecule has 2 heterocycles. The predicted molar refractivity (Wildman–Crippen MR) is 88.0 cm³/mol. The van der Waals surface area contributed by atoms with Gasteiger partial charge in [-0.2, -0.15) is 0 Å². The minimum absolute atomic E-state index is 0.250. The Morgan fingerprint density at radius 2 is 2.20 bits per heavy atom. The molecule has 1 fully saturated rings. The van der Waals surface area contributed by atoms with Crippen LogP contribution in [0.1, 0.15) is 19.8 Å². The number of hydrogen-bond acceptors (Lipinski definition) is 3. The van der Waals surface area contributed by atoms with Crippen molar-refractivity contribution in [2.45, 2.75) is 25.8 Å². The van der Waals surface area contributed by atoms with Gasteiger partial charge in [0.1, 0.15) is 5.82 Å². The molecule has 0 saturated carbocycles. The fraction of sp³-hybridized carbons (Fsp3) is 0.438. The summed E-state index contributed by atoms with van der Waals surface area (Å²) in [4.78, 5) is 7.02. The van der Waals surface area contributed by atoms with Crippen LogP contribution in [0.15, 0.2) is 34.9 Å². The standard InChI is InChI=1S/C16H20BrN3/c1-11(18)12-4-3-9-20(10-12)16-14-5-2-6-15(17)13(14)7-8-19-16/h2,5-8,11-12H,3-4,9-10,18H2,1H3. The van der Waals surface area contributed by atoms with Crippen LogP contribution in [0.4, 0.5) is 5.82 Å². The van der Waals surface area contributed by atoms with E-state index in [0.29, 0.717) is 5.92 Å². The summed E-state index contributed by atoms with van der Waals surface area (Å²) < 4.78 is 1.12. The zero-order valence-corrected chi connectivity index (χ0v) is 13.3. The van der Waals surface area contributed by atoms with Crippen LogP contribution in [-0.2, 0) is 0 Å². The van der Waals surface area contributed by atoms with Gasteiger partial charge in [-0.1, -0.05) is 28.1 Å². The highest BCUT2D eigenvalue weighted by Crippen LogP contribution is 2.32. The summed E-state index contributed by atoms with van der Waals surface area (Å²) in [7, 11) is 0. The second kappa shape index (κ2) is 5.70. The van der Waals surface area contributed by atoms with Crippen LogP contribution in [0.3, 0.4) is 0 Å².